The van der Waals surface area contributed by atoms with Gasteiger partial charge >= 0.3 is 6.03 Å². The van der Waals surface area contributed by atoms with Crippen LogP contribution in [-0.4, -0.2) is 31.6 Å². The molecule has 0 bridgehead atoms. The normalized spacial score (nSPS) is 14.6. The molecule has 4 rings (SSSR count). The molecule has 0 aromatic heterocycles. The molecule has 1 heterocycles. The highest BCUT2D eigenvalue weighted by atomic mass is 35.5. The highest BCUT2D eigenvalue weighted by Gasteiger charge is 2.36. The van der Waals surface area contributed by atoms with Crippen LogP contribution < -0.4 is 24.4 Å². The number of hydrogen-bond donors (Lipinski definition) is 1. The molecular weight excluding hydrogens is 484 g/mol. The number of anilines is 1. The van der Waals surface area contributed by atoms with Crippen LogP contribution in [0.3, 0.4) is 0 Å². The van der Waals surface area contributed by atoms with Gasteiger partial charge in [-0.15, -0.1) is 0 Å². The third kappa shape index (κ3) is 5.34. The van der Waals surface area contributed by atoms with Crippen molar-refractivity contribution in [2.24, 2.45) is 0 Å². The number of rotatable bonds is 8. The van der Waals surface area contributed by atoms with Gasteiger partial charge in [0.25, 0.3) is 11.8 Å². The maximum Gasteiger partial charge on any atom is 0.335 e. The van der Waals surface area contributed by atoms with E-state index >= 15 is 0 Å². The van der Waals surface area contributed by atoms with Gasteiger partial charge in [-0.25, -0.2) is 9.69 Å². The fraction of sp³-hybridized carbons (Fsp3) is 0.148. The zero-order chi connectivity index (χ0) is 25.7. The lowest BCUT2D eigenvalue weighted by Gasteiger charge is -2.26. The molecule has 3 aromatic carbocycles. The van der Waals surface area contributed by atoms with E-state index in [4.69, 9.17) is 25.8 Å². The van der Waals surface area contributed by atoms with Gasteiger partial charge < -0.3 is 14.2 Å². The van der Waals surface area contributed by atoms with E-state index in [9.17, 15) is 14.4 Å². The van der Waals surface area contributed by atoms with Crippen LogP contribution in [0.4, 0.5) is 10.5 Å². The lowest BCUT2D eigenvalue weighted by atomic mass is 10.1. The van der Waals surface area contributed by atoms with Crippen molar-refractivity contribution in [1.82, 2.24) is 5.32 Å². The molecule has 0 saturated carbocycles. The van der Waals surface area contributed by atoms with E-state index in [0.717, 1.165) is 10.5 Å². The van der Waals surface area contributed by atoms with Crippen LogP contribution in [0, 0.1) is 0 Å². The molecule has 1 saturated heterocycles. The molecular formula is C27H23ClN2O6. The molecule has 0 unspecified atom stereocenters. The molecule has 1 fully saturated rings. The Balaban J connectivity index is 1.54. The molecule has 1 aliphatic heterocycles. The summed E-state index contributed by atoms with van der Waals surface area (Å²) in [6.45, 7) is 2.57. The van der Waals surface area contributed by atoms with Crippen LogP contribution in [0.1, 0.15) is 18.1 Å². The van der Waals surface area contributed by atoms with E-state index in [1.807, 2.05) is 25.1 Å². The molecule has 0 atom stereocenters. The van der Waals surface area contributed by atoms with Crippen molar-refractivity contribution in [2.45, 2.75) is 13.5 Å². The van der Waals surface area contributed by atoms with Crippen LogP contribution in [0.5, 0.6) is 17.2 Å². The van der Waals surface area contributed by atoms with Gasteiger partial charge in [-0.05, 0) is 61.0 Å². The van der Waals surface area contributed by atoms with Crippen molar-refractivity contribution < 1.29 is 28.6 Å². The number of halogens is 1. The third-order valence-corrected chi connectivity index (χ3v) is 5.72. The minimum absolute atomic E-state index is 0.195. The van der Waals surface area contributed by atoms with Crippen molar-refractivity contribution in [2.75, 3.05) is 18.6 Å². The Bertz CT molecular complexity index is 1340. The fourth-order valence-electron chi connectivity index (χ4n) is 3.58. The van der Waals surface area contributed by atoms with Crippen LogP contribution >= 0.6 is 11.6 Å². The smallest absolute Gasteiger partial charge is 0.335 e. The fourth-order valence-corrected chi connectivity index (χ4v) is 3.77. The lowest BCUT2D eigenvalue weighted by molar-refractivity contribution is -0.122. The summed E-state index contributed by atoms with van der Waals surface area (Å²) in [6, 6.07) is 17.9. The summed E-state index contributed by atoms with van der Waals surface area (Å²) in [7, 11) is 1.50. The van der Waals surface area contributed by atoms with Crippen LogP contribution in [0.2, 0.25) is 5.02 Å². The lowest BCUT2D eigenvalue weighted by Crippen LogP contribution is -2.54. The number of nitrogens with one attached hydrogen (secondary N) is 1. The standard InChI is InChI=1S/C27H23ClN2O6/c1-3-35-23-13-8-17(15-24(23)34-2)14-21-25(31)29-27(33)30(26(21)32)19-9-11-20(12-10-19)36-16-18-6-4-5-7-22(18)28/h4-15H,3,16H2,1-2H3,(H,29,31,33)/b21-14+. The zero-order valence-electron chi connectivity index (χ0n) is 19.6. The van der Waals surface area contributed by atoms with Gasteiger partial charge in [-0.1, -0.05) is 35.9 Å². The van der Waals surface area contributed by atoms with Crippen molar-refractivity contribution in [3.8, 4) is 17.2 Å². The Kier molecular flexibility index (Phi) is 7.56. The van der Waals surface area contributed by atoms with Crippen molar-refractivity contribution in [3.05, 3.63) is 88.5 Å². The Morgan fingerprint density at radius 2 is 1.69 bits per heavy atom. The summed E-state index contributed by atoms with van der Waals surface area (Å²) in [5.41, 5.74) is 1.45. The zero-order valence-corrected chi connectivity index (χ0v) is 20.4. The van der Waals surface area contributed by atoms with Gasteiger partial charge in [0.15, 0.2) is 11.5 Å². The summed E-state index contributed by atoms with van der Waals surface area (Å²) < 4.78 is 16.6. The summed E-state index contributed by atoms with van der Waals surface area (Å²) in [4.78, 5) is 39.1. The first kappa shape index (κ1) is 24.8. The van der Waals surface area contributed by atoms with Crippen molar-refractivity contribution >= 4 is 41.2 Å². The summed E-state index contributed by atoms with van der Waals surface area (Å²) in [5, 5.41) is 2.81. The molecule has 0 spiro atoms. The van der Waals surface area contributed by atoms with Gasteiger partial charge in [0.1, 0.15) is 17.9 Å². The number of carbonyl (C=O) groups excluding carboxylic acids is 3. The highest BCUT2D eigenvalue weighted by molar-refractivity contribution is 6.39. The Morgan fingerprint density at radius 3 is 2.39 bits per heavy atom. The summed E-state index contributed by atoms with van der Waals surface area (Å²) in [5.74, 6) is -0.0163. The Hall–Kier alpha value is -4.30. The summed E-state index contributed by atoms with van der Waals surface area (Å²) in [6.07, 6.45) is 1.40. The number of nitrogens with zero attached hydrogens (tertiary/aromatic N) is 1. The number of urea groups is 1. The largest absolute Gasteiger partial charge is 0.493 e. The SMILES string of the molecule is CCOc1ccc(/C=C2\C(=O)NC(=O)N(c3ccc(OCc4ccccc4Cl)cc3)C2=O)cc1OC. The molecule has 36 heavy (non-hydrogen) atoms. The van der Waals surface area contributed by atoms with Gasteiger partial charge in [0.05, 0.1) is 19.4 Å². The van der Waals surface area contributed by atoms with E-state index in [1.54, 1.807) is 48.5 Å². The molecule has 184 valence electrons. The number of ether oxygens (including phenoxy) is 3. The first-order valence-corrected chi connectivity index (χ1v) is 11.5. The van der Waals surface area contributed by atoms with Gasteiger partial charge in [-0.3, -0.25) is 14.9 Å². The first-order valence-electron chi connectivity index (χ1n) is 11.1. The van der Waals surface area contributed by atoms with E-state index in [1.165, 1.54) is 13.2 Å². The van der Waals surface area contributed by atoms with E-state index in [2.05, 4.69) is 5.32 Å². The van der Waals surface area contributed by atoms with E-state index in [-0.39, 0.29) is 17.9 Å². The van der Waals surface area contributed by atoms with Crippen LogP contribution in [0.25, 0.3) is 6.08 Å². The Morgan fingerprint density at radius 1 is 0.944 bits per heavy atom. The van der Waals surface area contributed by atoms with E-state index in [0.29, 0.717) is 34.4 Å². The summed E-state index contributed by atoms with van der Waals surface area (Å²) >= 11 is 6.16. The van der Waals surface area contributed by atoms with E-state index < -0.39 is 17.8 Å². The minimum Gasteiger partial charge on any atom is -0.493 e. The predicted molar refractivity (Wildman–Crippen MR) is 135 cm³/mol. The maximum atomic E-state index is 13.2. The average molecular weight is 507 g/mol. The molecule has 3 aromatic rings. The molecule has 0 aliphatic carbocycles. The number of barbiturate groups is 1. The van der Waals surface area contributed by atoms with Crippen LogP contribution in [-0.2, 0) is 16.2 Å². The molecule has 9 heteroatoms. The number of amides is 4. The van der Waals surface area contributed by atoms with Gasteiger partial charge in [-0.2, -0.15) is 0 Å². The van der Waals surface area contributed by atoms with Gasteiger partial charge in [0, 0.05) is 10.6 Å². The molecule has 0 radical (unpaired) electrons. The number of hydrogen-bond acceptors (Lipinski definition) is 6. The highest BCUT2D eigenvalue weighted by Crippen LogP contribution is 2.30. The predicted octanol–water partition coefficient (Wildman–Crippen LogP) is 4.99. The number of imide groups is 2. The van der Waals surface area contributed by atoms with Gasteiger partial charge in [0.2, 0.25) is 0 Å². The van der Waals surface area contributed by atoms with Crippen molar-refractivity contribution in [1.29, 1.82) is 0 Å². The van der Waals surface area contributed by atoms with Crippen molar-refractivity contribution in [3.63, 3.8) is 0 Å². The average Bonchev–Trinajstić information content (AvgIpc) is 2.87. The second kappa shape index (κ2) is 11.0. The second-order valence-corrected chi connectivity index (χ2v) is 8.08. The minimum atomic E-state index is -0.837. The molecule has 1 N–H and O–H groups in total. The number of methoxy groups -OCH3 is 1. The molecule has 4 amide bonds. The third-order valence-electron chi connectivity index (χ3n) is 5.35. The number of carbonyl (C=O) groups is 3. The molecule has 8 nitrogen and oxygen atoms in total. The first-order chi connectivity index (χ1) is 17.4. The topological polar surface area (TPSA) is 94.2 Å². The molecule has 1 aliphatic rings. The second-order valence-electron chi connectivity index (χ2n) is 7.68. The monoisotopic (exact) mass is 506 g/mol. The quantitative estimate of drug-likeness (QED) is 0.341. The Labute approximate surface area is 213 Å². The number of benzene rings is 3. The maximum absolute atomic E-state index is 13.2. The van der Waals surface area contributed by atoms with Crippen LogP contribution in [0.15, 0.2) is 72.3 Å².